The molecule has 0 aliphatic carbocycles. The zero-order valence-electron chi connectivity index (χ0n) is 5.15. The van der Waals surface area contributed by atoms with Crippen molar-refractivity contribution in [2.75, 3.05) is 20.6 Å². The van der Waals surface area contributed by atoms with Crippen LogP contribution in [0.4, 0.5) is 0 Å². The van der Waals surface area contributed by atoms with Gasteiger partial charge < -0.3 is 0 Å². The third-order valence-corrected chi connectivity index (χ3v) is 1.67. The normalized spacial score (nSPS) is 10.1. The van der Waals surface area contributed by atoms with Gasteiger partial charge in [0.15, 0.2) is 0 Å². The van der Waals surface area contributed by atoms with Crippen molar-refractivity contribution in [3.05, 3.63) is 0 Å². The maximum absolute atomic E-state index is 2.22. The average molecular weight is 156 g/mol. The molecule has 0 rings (SSSR count). The molecule has 0 aromatic carbocycles. The van der Waals surface area contributed by atoms with E-state index in [0.717, 1.165) is 0 Å². The molecule has 40 valence electrons. The third kappa shape index (κ3) is 6.60. The van der Waals surface area contributed by atoms with Crippen molar-refractivity contribution in [2.45, 2.75) is 11.4 Å². The molecule has 0 saturated carbocycles. The summed E-state index contributed by atoms with van der Waals surface area (Å²) in [6.07, 6.45) is 1.35. The second kappa shape index (κ2) is 4.75. The molecule has 2 radical (unpaired) electrons. The third-order valence-electron chi connectivity index (χ3n) is 0.809. The fourth-order valence-corrected chi connectivity index (χ4v) is 0.791. The first-order valence-electron chi connectivity index (χ1n) is 2.62. The molecule has 0 aromatic rings. The summed E-state index contributed by atoms with van der Waals surface area (Å²) in [4.78, 5) is 3.59. The van der Waals surface area contributed by atoms with Gasteiger partial charge in [-0.3, -0.25) is 0 Å². The standard InChI is InChI=1S/C5H12N.Ga/c1-4-5-6(2)3;/h1,4-5H2,2-3H3;. The van der Waals surface area contributed by atoms with Gasteiger partial charge in [0.1, 0.15) is 0 Å². The molecule has 0 amide bonds. The van der Waals surface area contributed by atoms with Gasteiger partial charge in [0.2, 0.25) is 0 Å². The molecule has 0 unspecified atom stereocenters. The van der Waals surface area contributed by atoms with Gasteiger partial charge in [0, 0.05) is 0 Å². The molecule has 0 N–H and O–H groups in total. The van der Waals surface area contributed by atoms with Gasteiger partial charge in [-0.15, -0.1) is 0 Å². The Morgan fingerprint density at radius 2 is 2.00 bits per heavy atom. The molecule has 1 nitrogen and oxygen atoms in total. The van der Waals surface area contributed by atoms with E-state index in [1.807, 2.05) is 18.6 Å². The Kier molecular flexibility index (Phi) is 5.15. The molecule has 0 aromatic heterocycles. The first kappa shape index (κ1) is 7.60. The molecule has 2 heteroatoms. The van der Waals surface area contributed by atoms with Crippen LogP contribution in [0.3, 0.4) is 0 Å². The van der Waals surface area contributed by atoms with Crippen LogP contribution < -0.4 is 0 Å². The number of nitrogens with zero attached hydrogens (tertiary/aromatic N) is 1. The van der Waals surface area contributed by atoms with Gasteiger partial charge in [-0.05, 0) is 0 Å². The zero-order valence-corrected chi connectivity index (χ0v) is 7.57. The molecule has 0 fully saturated rings. The van der Waals surface area contributed by atoms with E-state index in [0.29, 0.717) is 0 Å². The van der Waals surface area contributed by atoms with Gasteiger partial charge in [0.05, 0.1) is 0 Å². The van der Waals surface area contributed by atoms with Crippen molar-refractivity contribution in [3.8, 4) is 0 Å². The van der Waals surface area contributed by atoms with E-state index < -0.39 is 0 Å². The number of hydrogen-bond acceptors (Lipinski definition) is 1. The second-order valence-corrected chi connectivity index (χ2v) is 3.16. The van der Waals surface area contributed by atoms with E-state index in [4.69, 9.17) is 0 Å². The summed E-state index contributed by atoms with van der Waals surface area (Å²) in [6, 6.07) is 0. The predicted molar refractivity (Wildman–Crippen MR) is 33.7 cm³/mol. The summed E-state index contributed by atoms with van der Waals surface area (Å²) in [6.45, 7) is 1.25. The first-order chi connectivity index (χ1) is 3.27. The van der Waals surface area contributed by atoms with Crippen molar-refractivity contribution in [2.24, 2.45) is 0 Å². The van der Waals surface area contributed by atoms with Crippen molar-refractivity contribution in [1.29, 1.82) is 0 Å². The monoisotopic (exact) mass is 155 g/mol. The van der Waals surface area contributed by atoms with Crippen LogP contribution in [0.5, 0.6) is 0 Å². The van der Waals surface area contributed by atoms with Gasteiger partial charge in [-0.2, -0.15) is 0 Å². The van der Waals surface area contributed by atoms with Crippen molar-refractivity contribution in [1.82, 2.24) is 4.90 Å². The Morgan fingerprint density at radius 1 is 1.43 bits per heavy atom. The molecule has 0 atom stereocenters. The second-order valence-electron chi connectivity index (χ2n) is 1.95. The minimum atomic E-state index is 1.25. The summed E-state index contributed by atoms with van der Waals surface area (Å²) >= 11 is 1.83. The van der Waals surface area contributed by atoms with Crippen LogP contribution in [0.2, 0.25) is 4.98 Å². The van der Waals surface area contributed by atoms with Crippen molar-refractivity contribution in [3.63, 3.8) is 0 Å². The van der Waals surface area contributed by atoms with E-state index in [-0.39, 0.29) is 0 Å². The Balaban J connectivity index is 2.68. The molecule has 0 saturated heterocycles. The van der Waals surface area contributed by atoms with Gasteiger partial charge >= 0.3 is 55.5 Å². The molecule has 0 heterocycles. The summed E-state index contributed by atoms with van der Waals surface area (Å²) in [7, 11) is 4.23. The minimum absolute atomic E-state index is 1.25. The van der Waals surface area contributed by atoms with Gasteiger partial charge in [-0.1, -0.05) is 0 Å². The van der Waals surface area contributed by atoms with Crippen molar-refractivity contribution >= 4 is 18.6 Å². The molecule has 0 bridgehead atoms. The van der Waals surface area contributed by atoms with E-state index in [2.05, 4.69) is 19.0 Å². The summed E-state index contributed by atoms with van der Waals surface area (Å²) in [5, 5.41) is 0. The summed E-state index contributed by atoms with van der Waals surface area (Å²) in [5.41, 5.74) is 0. The van der Waals surface area contributed by atoms with Crippen LogP contribution in [0.15, 0.2) is 0 Å². The zero-order chi connectivity index (χ0) is 5.70. The molecule has 0 spiro atoms. The average Bonchev–Trinajstić information content (AvgIpc) is 1.61. The maximum atomic E-state index is 2.22. The summed E-state index contributed by atoms with van der Waals surface area (Å²) in [5.74, 6) is 0. The molecular formula is C5H12GaN. The number of rotatable bonds is 3. The molecule has 0 aliphatic rings. The Bertz CT molecular complexity index is 37.1. The van der Waals surface area contributed by atoms with E-state index in [1.54, 1.807) is 0 Å². The Labute approximate surface area is 56.0 Å². The van der Waals surface area contributed by atoms with Gasteiger partial charge in [0.25, 0.3) is 0 Å². The Morgan fingerprint density at radius 3 is 2.14 bits per heavy atom. The van der Waals surface area contributed by atoms with E-state index in [9.17, 15) is 0 Å². The van der Waals surface area contributed by atoms with Crippen molar-refractivity contribution < 1.29 is 0 Å². The fraction of sp³-hybridized carbons (Fsp3) is 1.00. The van der Waals surface area contributed by atoms with Crippen LogP contribution in [0.1, 0.15) is 6.42 Å². The molecular weight excluding hydrogens is 144 g/mol. The van der Waals surface area contributed by atoms with E-state index >= 15 is 0 Å². The molecule has 0 aliphatic heterocycles. The van der Waals surface area contributed by atoms with Gasteiger partial charge in [-0.25, -0.2) is 0 Å². The fourth-order valence-electron chi connectivity index (χ4n) is 0.408. The predicted octanol–water partition coefficient (Wildman–Crippen LogP) is 0.525. The summed E-state index contributed by atoms with van der Waals surface area (Å²) < 4.78 is 0. The number of hydrogen-bond donors (Lipinski definition) is 0. The topological polar surface area (TPSA) is 3.24 Å². The van der Waals surface area contributed by atoms with Crippen LogP contribution in [-0.4, -0.2) is 44.1 Å². The van der Waals surface area contributed by atoms with E-state index in [1.165, 1.54) is 17.9 Å². The van der Waals surface area contributed by atoms with Crippen LogP contribution in [-0.2, 0) is 0 Å². The molecule has 7 heavy (non-hydrogen) atoms. The van der Waals surface area contributed by atoms with Crippen LogP contribution in [0.25, 0.3) is 0 Å². The van der Waals surface area contributed by atoms with Crippen LogP contribution >= 0.6 is 0 Å². The van der Waals surface area contributed by atoms with Crippen LogP contribution in [0, 0.1) is 0 Å². The quantitative estimate of drug-likeness (QED) is 0.538. The first-order valence-corrected chi connectivity index (χ1v) is 4.33. The SMILES string of the molecule is CN(C)CC[CH2][Ga]. The Hall–Kier alpha value is 0.596.